The first-order valence-corrected chi connectivity index (χ1v) is 9.22. The maximum atomic E-state index is 12.3. The Balaban J connectivity index is 2.11. The molecule has 0 saturated carbocycles. The minimum atomic E-state index is -3.63. The van der Waals surface area contributed by atoms with E-state index in [1.807, 2.05) is 20.8 Å². The third kappa shape index (κ3) is 4.58. The standard InChI is InChI=1S/C18H22N2O3S/c1-4-18(2,3)19-17(21)14-10-12-15(13-11-14)20-24(22,23)16-8-6-5-7-9-16/h5-13,20H,4H2,1-3H3,(H,19,21). The van der Waals surface area contributed by atoms with E-state index in [0.717, 1.165) is 6.42 Å². The highest BCUT2D eigenvalue weighted by atomic mass is 32.2. The van der Waals surface area contributed by atoms with Crippen molar-refractivity contribution in [1.82, 2.24) is 5.32 Å². The van der Waals surface area contributed by atoms with Gasteiger partial charge in [-0.05, 0) is 56.7 Å². The molecule has 0 spiro atoms. The van der Waals surface area contributed by atoms with Crippen molar-refractivity contribution in [3.8, 4) is 0 Å². The quantitative estimate of drug-likeness (QED) is 0.842. The molecule has 0 atom stereocenters. The van der Waals surface area contributed by atoms with Crippen molar-refractivity contribution < 1.29 is 13.2 Å². The lowest BCUT2D eigenvalue weighted by atomic mass is 10.0. The van der Waals surface area contributed by atoms with Crippen LogP contribution in [0.4, 0.5) is 5.69 Å². The van der Waals surface area contributed by atoms with Gasteiger partial charge in [0.05, 0.1) is 4.90 Å². The van der Waals surface area contributed by atoms with Crippen LogP contribution >= 0.6 is 0 Å². The van der Waals surface area contributed by atoms with Crippen LogP contribution in [0.5, 0.6) is 0 Å². The number of anilines is 1. The predicted octanol–water partition coefficient (Wildman–Crippen LogP) is 3.41. The fraction of sp³-hybridized carbons (Fsp3) is 0.278. The Labute approximate surface area is 143 Å². The molecule has 0 fully saturated rings. The normalized spacial score (nSPS) is 11.8. The second-order valence-corrected chi connectivity index (χ2v) is 7.87. The van der Waals surface area contributed by atoms with Crippen LogP contribution in [0.25, 0.3) is 0 Å². The van der Waals surface area contributed by atoms with E-state index in [1.165, 1.54) is 12.1 Å². The highest BCUT2D eigenvalue weighted by Crippen LogP contribution is 2.17. The lowest BCUT2D eigenvalue weighted by Crippen LogP contribution is -2.42. The molecule has 0 bridgehead atoms. The zero-order chi connectivity index (χ0) is 17.8. The van der Waals surface area contributed by atoms with Gasteiger partial charge in [-0.1, -0.05) is 25.1 Å². The van der Waals surface area contributed by atoms with E-state index in [0.29, 0.717) is 11.3 Å². The third-order valence-corrected chi connectivity index (χ3v) is 5.19. The molecular formula is C18H22N2O3S. The maximum absolute atomic E-state index is 12.3. The molecule has 2 aromatic rings. The second kappa shape index (κ2) is 7.05. The molecule has 0 aliphatic heterocycles. The average molecular weight is 346 g/mol. The number of sulfonamides is 1. The average Bonchev–Trinajstić information content (AvgIpc) is 2.55. The van der Waals surface area contributed by atoms with Crippen molar-refractivity contribution in [2.75, 3.05) is 4.72 Å². The maximum Gasteiger partial charge on any atom is 0.261 e. The largest absolute Gasteiger partial charge is 0.347 e. The molecule has 0 aromatic heterocycles. The monoisotopic (exact) mass is 346 g/mol. The van der Waals surface area contributed by atoms with Crippen LogP contribution in [0.1, 0.15) is 37.6 Å². The topological polar surface area (TPSA) is 75.3 Å². The molecule has 0 heterocycles. The molecule has 0 aliphatic rings. The zero-order valence-electron chi connectivity index (χ0n) is 14.0. The van der Waals surface area contributed by atoms with E-state index < -0.39 is 10.0 Å². The van der Waals surface area contributed by atoms with E-state index in [1.54, 1.807) is 42.5 Å². The van der Waals surface area contributed by atoms with Gasteiger partial charge in [-0.25, -0.2) is 8.42 Å². The fourth-order valence-corrected chi connectivity index (χ4v) is 3.05. The van der Waals surface area contributed by atoms with Crippen LogP contribution in [0.3, 0.4) is 0 Å². The Kier molecular flexibility index (Phi) is 5.29. The first kappa shape index (κ1) is 18.0. The molecule has 6 heteroatoms. The molecule has 0 saturated heterocycles. The number of hydrogen-bond acceptors (Lipinski definition) is 3. The van der Waals surface area contributed by atoms with Gasteiger partial charge in [0.1, 0.15) is 0 Å². The summed E-state index contributed by atoms with van der Waals surface area (Å²) in [6, 6.07) is 14.5. The van der Waals surface area contributed by atoms with E-state index >= 15 is 0 Å². The second-order valence-electron chi connectivity index (χ2n) is 6.19. The van der Waals surface area contributed by atoms with Crippen molar-refractivity contribution in [2.24, 2.45) is 0 Å². The number of benzene rings is 2. The first-order chi connectivity index (χ1) is 11.2. The molecule has 1 amide bonds. The van der Waals surface area contributed by atoms with Crippen LogP contribution in [0.15, 0.2) is 59.5 Å². The molecular weight excluding hydrogens is 324 g/mol. The van der Waals surface area contributed by atoms with Gasteiger partial charge in [0.25, 0.3) is 15.9 Å². The fourth-order valence-electron chi connectivity index (χ4n) is 1.97. The number of hydrogen-bond donors (Lipinski definition) is 2. The molecule has 2 N–H and O–H groups in total. The highest BCUT2D eigenvalue weighted by molar-refractivity contribution is 7.92. The summed E-state index contributed by atoms with van der Waals surface area (Å²) in [5.74, 6) is -0.181. The highest BCUT2D eigenvalue weighted by Gasteiger charge is 2.19. The van der Waals surface area contributed by atoms with Crippen LogP contribution in [-0.2, 0) is 10.0 Å². The first-order valence-electron chi connectivity index (χ1n) is 7.74. The Hall–Kier alpha value is -2.34. The lowest BCUT2D eigenvalue weighted by molar-refractivity contribution is 0.0911. The van der Waals surface area contributed by atoms with Gasteiger partial charge in [-0.15, -0.1) is 0 Å². The van der Waals surface area contributed by atoms with Gasteiger partial charge >= 0.3 is 0 Å². The van der Waals surface area contributed by atoms with E-state index in [-0.39, 0.29) is 16.3 Å². The molecule has 24 heavy (non-hydrogen) atoms. The molecule has 128 valence electrons. The van der Waals surface area contributed by atoms with Gasteiger partial charge in [-0.3, -0.25) is 9.52 Å². The summed E-state index contributed by atoms with van der Waals surface area (Å²) in [4.78, 5) is 12.4. The van der Waals surface area contributed by atoms with Gasteiger partial charge < -0.3 is 5.32 Å². The molecule has 2 aromatic carbocycles. The van der Waals surface area contributed by atoms with Crippen molar-refractivity contribution in [1.29, 1.82) is 0 Å². The van der Waals surface area contributed by atoms with Crippen LogP contribution < -0.4 is 10.0 Å². The number of rotatable bonds is 6. The SMILES string of the molecule is CCC(C)(C)NC(=O)c1ccc(NS(=O)(=O)c2ccccc2)cc1. The molecule has 0 radical (unpaired) electrons. The minimum Gasteiger partial charge on any atom is -0.347 e. The summed E-state index contributed by atoms with van der Waals surface area (Å²) in [5.41, 5.74) is 0.606. The van der Waals surface area contributed by atoms with Crippen molar-refractivity contribution in [3.63, 3.8) is 0 Å². The molecule has 5 nitrogen and oxygen atoms in total. The third-order valence-electron chi connectivity index (χ3n) is 3.79. The lowest BCUT2D eigenvalue weighted by Gasteiger charge is -2.24. The Bertz CT molecular complexity index is 798. The summed E-state index contributed by atoms with van der Waals surface area (Å²) >= 11 is 0. The molecule has 0 unspecified atom stereocenters. The summed E-state index contributed by atoms with van der Waals surface area (Å²) in [5, 5.41) is 2.94. The van der Waals surface area contributed by atoms with Crippen LogP contribution in [0.2, 0.25) is 0 Å². The van der Waals surface area contributed by atoms with Gasteiger partial charge in [0.15, 0.2) is 0 Å². The number of nitrogens with one attached hydrogen (secondary N) is 2. The summed E-state index contributed by atoms with van der Waals surface area (Å²) in [7, 11) is -3.63. The van der Waals surface area contributed by atoms with Crippen LogP contribution in [0, 0.1) is 0 Å². The van der Waals surface area contributed by atoms with Gasteiger partial charge in [0.2, 0.25) is 0 Å². The summed E-state index contributed by atoms with van der Waals surface area (Å²) < 4.78 is 27.0. The Morgan fingerprint density at radius 3 is 2.12 bits per heavy atom. The predicted molar refractivity (Wildman–Crippen MR) is 95.5 cm³/mol. The molecule has 0 aliphatic carbocycles. The number of carbonyl (C=O) groups excluding carboxylic acids is 1. The van der Waals surface area contributed by atoms with Crippen molar-refractivity contribution >= 4 is 21.6 Å². The van der Waals surface area contributed by atoms with E-state index in [9.17, 15) is 13.2 Å². The van der Waals surface area contributed by atoms with Gasteiger partial charge in [0, 0.05) is 16.8 Å². The smallest absolute Gasteiger partial charge is 0.261 e. The van der Waals surface area contributed by atoms with Crippen LogP contribution in [-0.4, -0.2) is 19.9 Å². The zero-order valence-corrected chi connectivity index (χ0v) is 14.9. The van der Waals surface area contributed by atoms with E-state index in [2.05, 4.69) is 10.0 Å². The van der Waals surface area contributed by atoms with Crippen molar-refractivity contribution in [2.45, 2.75) is 37.6 Å². The Morgan fingerprint density at radius 2 is 1.58 bits per heavy atom. The minimum absolute atomic E-state index is 0.181. The van der Waals surface area contributed by atoms with Crippen molar-refractivity contribution in [3.05, 3.63) is 60.2 Å². The number of carbonyl (C=O) groups is 1. The van der Waals surface area contributed by atoms with E-state index in [4.69, 9.17) is 0 Å². The molecule has 2 rings (SSSR count). The number of amides is 1. The van der Waals surface area contributed by atoms with Gasteiger partial charge in [-0.2, -0.15) is 0 Å². The summed E-state index contributed by atoms with van der Waals surface area (Å²) in [6.45, 7) is 5.91. The Morgan fingerprint density at radius 1 is 1.00 bits per heavy atom. The summed E-state index contributed by atoms with van der Waals surface area (Å²) in [6.07, 6.45) is 0.813.